The molecule has 0 saturated heterocycles. The van der Waals surface area contributed by atoms with Gasteiger partial charge in [-0.05, 0) is 80.8 Å². The van der Waals surface area contributed by atoms with Crippen LogP contribution in [0.4, 0.5) is 0 Å². The molecule has 0 fully saturated rings. The maximum Gasteiger partial charge on any atom is 0.211 e. The van der Waals surface area contributed by atoms with E-state index in [1.165, 1.54) is 59.1 Å². The van der Waals surface area contributed by atoms with Crippen molar-refractivity contribution >= 4 is 11.4 Å². The van der Waals surface area contributed by atoms with Crippen LogP contribution < -0.4 is 0 Å². The molecule has 0 radical (unpaired) electrons. The molecular weight excluding hydrogens is 388 g/mol. The molecule has 2 aromatic carbocycles. The predicted octanol–water partition coefficient (Wildman–Crippen LogP) is 9.14. The summed E-state index contributed by atoms with van der Waals surface area (Å²) in [6.07, 6.45) is 11.7. The Balaban J connectivity index is 1.89. The molecule has 1 aliphatic heterocycles. The fraction of sp³-hybridized carbons (Fsp3) is 0.467. The van der Waals surface area contributed by atoms with E-state index in [0.29, 0.717) is 0 Å². The van der Waals surface area contributed by atoms with Gasteiger partial charge in [0.1, 0.15) is 0 Å². The fourth-order valence-corrected chi connectivity index (χ4v) is 4.63. The van der Waals surface area contributed by atoms with E-state index in [1.807, 2.05) is 0 Å². The van der Waals surface area contributed by atoms with Crippen molar-refractivity contribution in [1.29, 1.82) is 0 Å². The summed E-state index contributed by atoms with van der Waals surface area (Å²) in [5, 5.41) is 0. The van der Waals surface area contributed by atoms with Gasteiger partial charge in [-0.1, -0.05) is 70.7 Å². The first-order valence-corrected chi connectivity index (χ1v) is 12.7. The van der Waals surface area contributed by atoms with E-state index < -0.39 is 0 Å². The van der Waals surface area contributed by atoms with Gasteiger partial charge in [-0.15, -0.1) is 0 Å². The minimum atomic E-state index is 0.931. The smallest absolute Gasteiger partial charge is 0.211 e. The lowest BCUT2D eigenvalue weighted by atomic mass is 9.96. The van der Waals surface area contributed by atoms with Crippen molar-refractivity contribution in [2.24, 2.45) is 0 Å². The molecule has 3 rings (SSSR count). The highest BCUT2D eigenvalue weighted by molar-refractivity contribution is 5.81. The number of unbranched alkanes of at least 4 members (excludes halogenated alkanes) is 4. The van der Waals surface area contributed by atoms with Crippen LogP contribution >= 0.6 is 0 Å². The fourth-order valence-electron chi connectivity index (χ4n) is 4.63. The standard InChI is InChI=1S/C30H40N2/c1-5-8-11-13-25-17-21-27(22-18-25)30-28(14-10-7-3)23(4)29(32(30)31)26-19-15-24(16-20-26)12-9-6-2/h15-22H,5-14H2,1-4H3. The summed E-state index contributed by atoms with van der Waals surface area (Å²) in [5.74, 6) is 0. The SMILES string of the molecule is CCCCCc1ccc(C2=C(CCCC)C(C)=C(c3ccc(CCCC)cc3)[N+]2=[N-])cc1. The van der Waals surface area contributed by atoms with Crippen LogP contribution in [0, 0.1) is 0 Å². The molecule has 32 heavy (non-hydrogen) atoms. The highest BCUT2D eigenvalue weighted by atomic mass is 15.2. The third-order valence-corrected chi connectivity index (χ3v) is 6.64. The monoisotopic (exact) mass is 428 g/mol. The van der Waals surface area contributed by atoms with Crippen LogP contribution in [-0.2, 0) is 12.8 Å². The van der Waals surface area contributed by atoms with Gasteiger partial charge >= 0.3 is 0 Å². The van der Waals surface area contributed by atoms with Crippen LogP contribution in [0.15, 0.2) is 59.7 Å². The molecule has 0 aromatic heterocycles. The Kier molecular flexibility index (Phi) is 9.02. The van der Waals surface area contributed by atoms with E-state index in [9.17, 15) is 5.53 Å². The number of benzene rings is 2. The second-order valence-corrected chi connectivity index (χ2v) is 9.17. The van der Waals surface area contributed by atoms with Crippen LogP contribution in [0.2, 0.25) is 0 Å². The summed E-state index contributed by atoms with van der Waals surface area (Å²) >= 11 is 0. The Morgan fingerprint density at radius 2 is 1.06 bits per heavy atom. The van der Waals surface area contributed by atoms with Crippen molar-refractivity contribution in [3.63, 3.8) is 0 Å². The lowest BCUT2D eigenvalue weighted by Crippen LogP contribution is -2.03. The molecule has 0 bridgehead atoms. The Hall–Kier alpha value is -2.48. The summed E-state index contributed by atoms with van der Waals surface area (Å²) in [5.41, 5.74) is 20.7. The van der Waals surface area contributed by atoms with Crippen molar-refractivity contribution in [1.82, 2.24) is 0 Å². The van der Waals surface area contributed by atoms with Gasteiger partial charge < -0.3 is 5.53 Å². The zero-order valence-corrected chi connectivity index (χ0v) is 20.6. The van der Waals surface area contributed by atoms with Crippen LogP contribution in [0.1, 0.15) is 101 Å². The lowest BCUT2D eigenvalue weighted by Gasteiger charge is -2.11. The van der Waals surface area contributed by atoms with Crippen LogP contribution in [0.25, 0.3) is 16.9 Å². The van der Waals surface area contributed by atoms with E-state index in [2.05, 4.69) is 76.2 Å². The van der Waals surface area contributed by atoms with E-state index in [0.717, 1.165) is 54.6 Å². The summed E-state index contributed by atoms with van der Waals surface area (Å²) in [6, 6.07) is 17.6. The highest BCUT2D eigenvalue weighted by Crippen LogP contribution is 2.42. The summed E-state index contributed by atoms with van der Waals surface area (Å²) < 4.78 is 1.45. The quantitative estimate of drug-likeness (QED) is 0.238. The number of nitrogens with zero attached hydrogens (tertiary/aromatic N) is 2. The molecule has 170 valence electrons. The molecule has 2 heteroatoms. The first-order valence-electron chi connectivity index (χ1n) is 12.7. The molecule has 0 spiro atoms. The molecular formula is C30H40N2. The van der Waals surface area contributed by atoms with Gasteiger partial charge in [0, 0.05) is 22.3 Å². The van der Waals surface area contributed by atoms with E-state index in [1.54, 1.807) is 0 Å². The lowest BCUT2D eigenvalue weighted by molar-refractivity contribution is -0.345. The van der Waals surface area contributed by atoms with Crippen LogP contribution in [0.5, 0.6) is 0 Å². The topological polar surface area (TPSA) is 25.3 Å². The summed E-state index contributed by atoms with van der Waals surface area (Å²) in [6.45, 7) is 8.87. The molecule has 0 saturated carbocycles. The first kappa shape index (κ1) is 24.2. The maximum absolute atomic E-state index is 11.4. The molecule has 0 amide bonds. The van der Waals surface area contributed by atoms with Gasteiger partial charge in [0.25, 0.3) is 0 Å². The van der Waals surface area contributed by atoms with Gasteiger partial charge in [-0.25, -0.2) is 4.70 Å². The third kappa shape index (κ3) is 5.65. The molecule has 0 aliphatic carbocycles. The van der Waals surface area contributed by atoms with E-state index in [4.69, 9.17) is 0 Å². The number of hydrogen-bond donors (Lipinski definition) is 0. The van der Waals surface area contributed by atoms with Gasteiger partial charge in [0.2, 0.25) is 11.4 Å². The number of aryl methyl sites for hydroxylation is 2. The highest BCUT2D eigenvalue weighted by Gasteiger charge is 2.33. The van der Waals surface area contributed by atoms with Crippen molar-refractivity contribution in [2.75, 3.05) is 0 Å². The van der Waals surface area contributed by atoms with E-state index in [-0.39, 0.29) is 0 Å². The molecule has 0 atom stereocenters. The Labute approximate surface area is 195 Å². The second kappa shape index (κ2) is 11.9. The van der Waals surface area contributed by atoms with Crippen molar-refractivity contribution in [3.05, 3.63) is 87.5 Å². The Morgan fingerprint density at radius 1 is 0.594 bits per heavy atom. The normalized spacial score (nSPS) is 14.1. The average Bonchev–Trinajstić information content (AvgIpc) is 3.06. The molecule has 2 nitrogen and oxygen atoms in total. The van der Waals surface area contributed by atoms with Crippen LogP contribution in [-0.4, -0.2) is 4.70 Å². The van der Waals surface area contributed by atoms with Gasteiger partial charge in [0.15, 0.2) is 0 Å². The molecule has 0 N–H and O–H groups in total. The minimum Gasteiger partial charge on any atom is -0.493 e. The zero-order valence-electron chi connectivity index (χ0n) is 20.6. The number of allylic oxidation sites excluding steroid dienone is 2. The van der Waals surface area contributed by atoms with Crippen LogP contribution in [0.3, 0.4) is 0 Å². The largest absolute Gasteiger partial charge is 0.493 e. The first-order chi connectivity index (χ1) is 15.6. The Morgan fingerprint density at radius 3 is 1.59 bits per heavy atom. The second-order valence-electron chi connectivity index (χ2n) is 9.17. The van der Waals surface area contributed by atoms with Crippen molar-refractivity contribution < 1.29 is 4.70 Å². The minimum absolute atomic E-state index is 0.931. The van der Waals surface area contributed by atoms with Gasteiger partial charge in [-0.3, -0.25) is 0 Å². The molecule has 0 unspecified atom stereocenters. The summed E-state index contributed by atoms with van der Waals surface area (Å²) in [4.78, 5) is 0. The third-order valence-electron chi connectivity index (χ3n) is 6.64. The predicted molar refractivity (Wildman–Crippen MR) is 137 cm³/mol. The number of hydrogen-bond acceptors (Lipinski definition) is 0. The van der Waals surface area contributed by atoms with Gasteiger partial charge in [0.05, 0.1) is 0 Å². The van der Waals surface area contributed by atoms with Gasteiger partial charge in [-0.2, -0.15) is 0 Å². The molecule has 1 aliphatic rings. The average molecular weight is 429 g/mol. The van der Waals surface area contributed by atoms with Crippen molar-refractivity contribution in [3.8, 4) is 0 Å². The Bertz CT molecular complexity index is 959. The zero-order chi connectivity index (χ0) is 22.9. The van der Waals surface area contributed by atoms with E-state index >= 15 is 0 Å². The molecule has 2 aromatic rings. The summed E-state index contributed by atoms with van der Waals surface area (Å²) in [7, 11) is 0. The molecule has 1 heterocycles. The van der Waals surface area contributed by atoms with Crippen molar-refractivity contribution in [2.45, 2.75) is 91.9 Å². The number of rotatable bonds is 12. The maximum atomic E-state index is 11.4.